The molecule has 0 aliphatic carbocycles. The summed E-state index contributed by atoms with van der Waals surface area (Å²) in [6.07, 6.45) is -8.55. The zero-order valence-corrected chi connectivity index (χ0v) is 7.33. The average Bonchev–Trinajstić information content (AvgIpc) is 2.15. The minimum Gasteiger partial charge on any atom is -0.358 e. The summed E-state index contributed by atoms with van der Waals surface area (Å²) >= 11 is 0. The first-order valence-electron chi connectivity index (χ1n) is 3.74. The minimum absolute atomic E-state index is 0.346. The van der Waals surface area contributed by atoms with Gasteiger partial charge in [-0.15, -0.1) is 0 Å². The molecule has 0 aliphatic heterocycles. The summed E-state index contributed by atoms with van der Waals surface area (Å²) < 4.78 is 61.1. The third-order valence-electron chi connectivity index (χ3n) is 1.60. The fourth-order valence-electron chi connectivity index (χ4n) is 0.964. The highest BCUT2D eigenvalue weighted by Crippen LogP contribution is 2.35. The smallest absolute Gasteiger partial charge is 0.358 e. The second-order valence-electron chi connectivity index (χ2n) is 2.66. The average molecular weight is 242 g/mol. The van der Waals surface area contributed by atoms with Crippen LogP contribution >= 0.6 is 0 Å². The Bertz CT molecular complexity index is 418. The van der Waals surface area contributed by atoms with E-state index < -0.39 is 34.6 Å². The summed E-state index contributed by atoms with van der Waals surface area (Å²) in [6.45, 7) is 0. The fraction of sp³-hybridized carbons (Fsp3) is 0.286. The van der Waals surface area contributed by atoms with Crippen LogP contribution in [0.4, 0.5) is 27.8 Å². The highest BCUT2D eigenvalue weighted by Gasteiger charge is 2.43. The molecular weight excluding hydrogens is 239 g/mol. The Hall–Kier alpha value is -1.80. The Kier molecular flexibility index (Phi) is 3.06. The van der Waals surface area contributed by atoms with E-state index in [9.17, 15) is 32.1 Å². The van der Waals surface area contributed by atoms with Gasteiger partial charge in [0.1, 0.15) is 0 Å². The van der Waals surface area contributed by atoms with Gasteiger partial charge in [-0.25, -0.2) is 8.78 Å². The molecule has 4 nitrogen and oxygen atoms in total. The first kappa shape index (κ1) is 12.3. The van der Waals surface area contributed by atoms with E-state index in [1.54, 1.807) is 0 Å². The van der Waals surface area contributed by atoms with E-state index in [0.717, 1.165) is 0 Å². The van der Waals surface area contributed by atoms with E-state index in [4.69, 9.17) is 0 Å². The second kappa shape index (κ2) is 3.99. The molecule has 0 radical (unpaired) electrons. The van der Waals surface area contributed by atoms with Gasteiger partial charge in [0.25, 0.3) is 12.1 Å². The molecule has 1 heterocycles. The Balaban J connectivity index is 3.39. The van der Waals surface area contributed by atoms with Crippen molar-refractivity contribution < 1.29 is 26.9 Å². The van der Waals surface area contributed by atoms with Gasteiger partial charge in [-0.2, -0.15) is 13.2 Å². The van der Waals surface area contributed by atoms with Gasteiger partial charge in [-0.3, -0.25) is 0 Å². The summed E-state index contributed by atoms with van der Waals surface area (Å²) in [6, 6.07) is 0.843. The first-order chi connectivity index (χ1) is 7.23. The van der Waals surface area contributed by atoms with Gasteiger partial charge >= 0.3 is 12.0 Å². The van der Waals surface area contributed by atoms with Crippen molar-refractivity contribution in [3.8, 4) is 0 Å². The molecule has 0 aliphatic rings. The molecule has 0 amide bonds. The lowest BCUT2D eigenvalue weighted by atomic mass is 10.2. The number of hydrogen-bond acceptors (Lipinski definition) is 3. The van der Waals surface area contributed by atoms with Gasteiger partial charge in [0.15, 0.2) is 0 Å². The predicted molar refractivity (Wildman–Crippen MR) is 40.9 cm³/mol. The number of aromatic nitrogens is 1. The molecule has 0 saturated heterocycles. The number of pyridine rings is 1. The maximum absolute atomic E-state index is 12.2. The third-order valence-corrected chi connectivity index (χ3v) is 1.60. The molecule has 0 atom stereocenters. The van der Waals surface area contributed by atoms with E-state index >= 15 is 0 Å². The maximum Gasteiger partial charge on any atom is 0.458 e. The summed E-state index contributed by atoms with van der Waals surface area (Å²) in [5, 5.41) is 10.1. The van der Waals surface area contributed by atoms with Crippen LogP contribution in [-0.2, 0) is 6.18 Å². The Labute approximate surface area is 84.9 Å². The van der Waals surface area contributed by atoms with E-state index in [0.29, 0.717) is 12.1 Å². The number of rotatable bonds is 2. The molecule has 0 aromatic carbocycles. The summed E-state index contributed by atoms with van der Waals surface area (Å²) in [4.78, 5) is 11.5. The van der Waals surface area contributed by atoms with Crippen molar-refractivity contribution in [2.24, 2.45) is 0 Å². The fourth-order valence-corrected chi connectivity index (χ4v) is 0.964. The number of nitro groups is 1. The standard InChI is InChI=1S/C7H3F5N2O2/c8-6(9)3-1-2-4(14(15)16)13-5(3)7(10,11)12/h1-2,6H. The molecule has 1 aromatic rings. The second-order valence-corrected chi connectivity index (χ2v) is 2.66. The zero-order chi connectivity index (χ0) is 12.5. The van der Waals surface area contributed by atoms with Crippen molar-refractivity contribution in [1.82, 2.24) is 4.98 Å². The van der Waals surface area contributed by atoms with Crippen LogP contribution < -0.4 is 0 Å². The topological polar surface area (TPSA) is 56.0 Å². The van der Waals surface area contributed by atoms with Crippen LogP contribution in [0, 0.1) is 10.1 Å². The van der Waals surface area contributed by atoms with Crippen LogP contribution in [0.15, 0.2) is 12.1 Å². The van der Waals surface area contributed by atoms with Crippen LogP contribution in [0.25, 0.3) is 0 Å². The van der Waals surface area contributed by atoms with Crippen molar-refractivity contribution in [3.05, 3.63) is 33.5 Å². The van der Waals surface area contributed by atoms with Crippen molar-refractivity contribution in [3.63, 3.8) is 0 Å². The van der Waals surface area contributed by atoms with Crippen LogP contribution in [0.1, 0.15) is 17.7 Å². The Morgan fingerprint density at radius 3 is 2.25 bits per heavy atom. The molecular formula is C7H3F5N2O2. The lowest BCUT2D eigenvalue weighted by Gasteiger charge is -2.06. The predicted octanol–water partition coefficient (Wildman–Crippen LogP) is 2.95. The third kappa shape index (κ3) is 2.41. The summed E-state index contributed by atoms with van der Waals surface area (Å²) in [5.41, 5.74) is -3.31. The van der Waals surface area contributed by atoms with Gasteiger partial charge < -0.3 is 10.1 Å². The maximum atomic E-state index is 12.2. The van der Waals surface area contributed by atoms with Gasteiger partial charge in [0.2, 0.25) is 0 Å². The Morgan fingerprint density at radius 1 is 1.31 bits per heavy atom. The zero-order valence-electron chi connectivity index (χ0n) is 7.33. The summed E-state index contributed by atoms with van der Waals surface area (Å²) in [5.74, 6) is -1.13. The van der Waals surface area contributed by atoms with Gasteiger partial charge in [-0.1, -0.05) is 0 Å². The number of alkyl halides is 5. The molecule has 0 N–H and O–H groups in total. The normalized spacial score (nSPS) is 11.9. The SMILES string of the molecule is O=[N+]([O-])c1ccc(C(F)F)c(C(F)(F)F)n1. The molecule has 16 heavy (non-hydrogen) atoms. The van der Waals surface area contributed by atoms with Gasteiger partial charge in [-0.05, 0) is 16.0 Å². The molecule has 0 fully saturated rings. The van der Waals surface area contributed by atoms with E-state index in [-0.39, 0.29) is 0 Å². The number of nitrogens with zero attached hydrogens (tertiary/aromatic N) is 2. The molecule has 0 saturated carbocycles. The van der Waals surface area contributed by atoms with Crippen LogP contribution in [0.5, 0.6) is 0 Å². The van der Waals surface area contributed by atoms with Crippen molar-refractivity contribution in [1.29, 1.82) is 0 Å². The Morgan fingerprint density at radius 2 is 1.88 bits per heavy atom. The first-order valence-corrected chi connectivity index (χ1v) is 3.74. The van der Waals surface area contributed by atoms with Crippen LogP contribution in [-0.4, -0.2) is 9.91 Å². The monoisotopic (exact) mass is 242 g/mol. The lowest BCUT2D eigenvalue weighted by Crippen LogP contribution is -2.13. The largest absolute Gasteiger partial charge is 0.458 e. The van der Waals surface area contributed by atoms with Crippen LogP contribution in [0.2, 0.25) is 0 Å². The molecule has 9 heteroatoms. The summed E-state index contributed by atoms with van der Waals surface area (Å²) in [7, 11) is 0. The van der Waals surface area contributed by atoms with Gasteiger partial charge in [0.05, 0.1) is 5.56 Å². The molecule has 1 rings (SSSR count). The highest BCUT2D eigenvalue weighted by molar-refractivity contribution is 5.31. The van der Waals surface area contributed by atoms with Crippen molar-refractivity contribution in [2.45, 2.75) is 12.6 Å². The van der Waals surface area contributed by atoms with Gasteiger partial charge in [0, 0.05) is 6.07 Å². The minimum atomic E-state index is -5.15. The van der Waals surface area contributed by atoms with Crippen LogP contribution in [0.3, 0.4) is 0 Å². The van der Waals surface area contributed by atoms with E-state index in [2.05, 4.69) is 4.98 Å². The molecule has 0 spiro atoms. The highest BCUT2D eigenvalue weighted by atomic mass is 19.4. The van der Waals surface area contributed by atoms with E-state index in [1.807, 2.05) is 0 Å². The van der Waals surface area contributed by atoms with E-state index in [1.165, 1.54) is 0 Å². The van der Waals surface area contributed by atoms with Crippen molar-refractivity contribution in [2.75, 3.05) is 0 Å². The molecule has 0 bridgehead atoms. The lowest BCUT2D eigenvalue weighted by molar-refractivity contribution is -0.390. The molecule has 88 valence electrons. The van der Waals surface area contributed by atoms with Crippen molar-refractivity contribution >= 4 is 5.82 Å². The molecule has 1 aromatic heterocycles. The number of halogens is 5. The molecule has 0 unspecified atom stereocenters. The number of hydrogen-bond donors (Lipinski definition) is 0. The quantitative estimate of drug-likeness (QED) is 0.455.